The largest absolute Gasteiger partial charge is 0.432 e. The molecular formula is C26H23F6N9O3. The number of fused-ring (bicyclic) bond motifs is 3. The number of aromatic amines is 1. The molecule has 44 heavy (non-hydrogen) atoms. The number of anilines is 1. The molecule has 0 spiro atoms. The molecule has 6 heterocycles. The molecule has 2 bridgehead atoms. The number of ketones is 1. The van der Waals surface area contributed by atoms with Crippen LogP contribution in [0.1, 0.15) is 70.9 Å². The second kappa shape index (κ2) is 9.96. The van der Waals surface area contributed by atoms with Crippen molar-refractivity contribution in [3.8, 4) is 11.1 Å². The zero-order valence-electron chi connectivity index (χ0n) is 22.7. The second-order valence-electron chi connectivity index (χ2n) is 10.8. The first kappa shape index (κ1) is 29.5. The highest BCUT2D eigenvalue weighted by Crippen LogP contribution is 2.50. The summed E-state index contributed by atoms with van der Waals surface area (Å²) in [6, 6.07) is 0.981. The summed E-state index contributed by atoms with van der Waals surface area (Å²) in [6.07, 6.45) is -6.57. The van der Waals surface area contributed by atoms with Crippen LogP contribution >= 0.6 is 0 Å². The lowest BCUT2D eigenvalue weighted by molar-refractivity contribution is -0.377. The van der Waals surface area contributed by atoms with Crippen LogP contribution in [0.5, 0.6) is 0 Å². The van der Waals surface area contributed by atoms with Crippen molar-refractivity contribution >= 4 is 23.2 Å². The van der Waals surface area contributed by atoms with Crippen molar-refractivity contribution in [1.29, 1.82) is 0 Å². The summed E-state index contributed by atoms with van der Waals surface area (Å²) < 4.78 is 81.1. The van der Waals surface area contributed by atoms with Crippen molar-refractivity contribution < 1.29 is 41.0 Å². The molecule has 0 aliphatic carbocycles. The molecule has 12 nitrogen and oxygen atoms in total. The fourth-order valence-corrected chi connectivity index (χ4v) is 6.28. The number of rotatable bonds is 5. The average molecular weight is 624 g/mol. The molecule has 4 aromatic heterocycles. The van der Waals surface area contributed by atoms with Gasteiger partial charge in [-0.25, -0.2) is 4.98 Å². The van der Waals surface area contributed by atoms with Gasteiger partial charge in [0.25, 0.3) is 11.5 Å². The Balaban J connectivity index is 1.39. The Bertz CT molecular complexity index is 1720. The van der Waals surface area contributed by atoms with E-state index in [2.05, 4.69) is 25.3 Å². The summed E-state index contributed by atoms with van der Waals surface area (Å²) >= 11 is 0. The van der Waals surface area contributed by atoms with E-state index in [4.69, 9.17) is 10.7 Å². The summed E-state index contributed by atoms with van der Waals surface area (Å²) in [6.45, 7) is 1.31. The quantitative estimate of drug-likeness (QED) is 0.222. The summed E-state index contributed by atoms with van der Waals surface area (Å²) in [7, 11) is 0. The highest BCUT2D eigenvalue weighted by molar-refractivity contribution is 6.00. The molecule has 0 radical (unpaired) electrons. The van der Waals surface area contributed by atoms with Crippen LogP contribution in [0.15, 0.2) is 30.9 Å². The van der Waals surface area contributed by atoms with E-state index >= 15 is 0 Å². The lowest BCUT2D eigenvalue weighted by Crippen LogP contribution is -2.54. The highest BCUT2D eigenvalue weighted by atomic mass is 19.4. The lowest BCUT2D eigenvalue weighted by atomic mass is 9.85. The highest BCUT2D eigenvalue weighted by Gasteiger charge is 2.72. The van der Waals surface area contributed by atoms with Crippen molar-refractivity contribution in [1.82, 2.24) is 39.7 Å². The fourth-order valence-electron chi connectivity index (χ4n) is 6.28. The number of nitrogens with one attached hydrogen (secondary N) is 1. The molecule has 18 heteroatoms. The van der Waals surface area contributed by atoms with Gasteiger partial charge in [-0.2, -0.15) is 36.0 Å². The zero-order chi connectivity index (χ0) is 31.8. The van der Waals surface area contributed by atoms with Crippen LogP contribution in [0.25, 0.3) is 16.8 Å². The summed E-state index contributed by atoms with van der Waals surface area (Å²) in [5, 5.41) is 21.3. The zero-order valence-corrected chi connectivity index (χ0v) is 22.7. The Morgan fingerprint density at radius 2 is 1.70 bits per heavy atom. The van der Waals surface area contributed by atoms with E-state index in [9.17, 15) is 41.0 Å². The van der Waals surface area contributed by atoms with Gasteiger partial charge in [-0.1, -0.05) is 6.07 Å². The number of amides is 1. The van der Waals surface area contributed by atoms with Crippen LogP contribution in [-0.2, 0) is 5.60 Å². The molecule has 1 amide bonds. The third-order valence-electron chi connectivity index (χ3n) is 8.30. The van der Waals surface area contributed by atoms with Crippen molar-refractivity contribution in [2.24, 2.45) is 0 Å². The van der Waals surface area contributed by atoms with Gasteiger partial charge in [0, 0.05) is 35.3 Å². The van der Waals surface area contributed by atoms with E-state index < -0.39 is 23.6 Å². The van der Waals surface area contributed by atoms with Gasteiger partial charge < -0.3 is 20.7 Å². The molecule has 2 aliphatic rings. The Labute approximate surface area is 243 Å². The molecule has 2 fully saturated rings. The van der Waals surface area contributed by atoms with Gasteiger partial charge in [0.1, 0.15) is 12.1 Å². The molecule has 232 valence electrons. The topological polar surface area (TPSA) is 168 Å². The maximum Gasteiger partial charge on any atom is 0.432 e. The summed E-state index contributed by atoms with van der Waals surface area (Å²) in [5.41, 5.74) is 0.295. The first-order valence-electron chi connectivity index (χ1n) is 13.3. The van der Waals surface area contributed by atoms with Gasteiger partial charge in [0.2, 0.25) is 5.82 Å². The van der Waals surface area contributed by atoms with Crippen molar-refractivity contribution in [3.05, 3.63) is 53.6 Å². The molecular weight excluding hydrogens is 600 g/mol. The number of Topliss-reactive ketones (excluding diaryl/α,β-unsaturated/α-hetero) is 1. The molecule has 0 unspecified atom stereocenters. The SMILES string of the molecule is CC(=O)c1c([C@H]2C[C@H]3CC[C@@H](C2)N3C(=O)c2nnc[nH]2)nc2c(-c3ccc(C(O)(C(F)(F)F)C(F)(F)F)nc3)cnn2c1N. The standard InChI is InChI=1S/C26H23F6N9O3/c1-11(42)18-19(13-6-14-3-4-15(7-13)40(14)23(43)21-35-10-36-39-21)38-22-16(9-37-41(22)20(18)33)12-2-5-17(34-8-12)24(44,25(27,28)29)26(30,31)32/h2,5,8-10,13-15,44H,3-4,6-7,33H2,1H3,(H,35,36,39)/t13-,14+,15-. The first-order chi connectivity index (χ1) is 20.6. The Hall–Kier alpha value is -4.61. The maximum absolute atomic E-state index is 13.3. The van der Waals surface area contributed by atoms with Crippen molar-refractivity contribution in [2.45, 2.75) is 68.6 Å². The third-order valence-corrected chi connectivity index (χ3v) is 8.30. The van der Waals surface area contributed by atoms with Crippen LogP contribution in [0.3, 0.4) is 0 Å². The Morgan fingerprint density at radius 3 is 2.23 bits per heavy atom. The normalized spacial score (nSPS) is 20.8. The number of carbonyl (C=O) groups is 2. The predicted octanol–water partition coefficient (Wildman–Crippen LogP) is 3.56. The smallest absolute Gasteiger partial charge is 0.383 e. The molecule has 6 rings (SSSR count). The average Bonchev–Trinajstić information content (AvgIpc) is 3.69. The molecule has 4 aromatic rings. The number of nitrogens with two attached hydrogens (primary N) is 1. The van der Waals surface area contributed by atoms with Crippen molar-refractivity contribution in [3.63, 3.8) is 0 Å². The van der Waals surface area contributed by atoms with Gasteiger partial charge in [-0.15, -0.1) is 10.2 Å². The molecule has 0 aromatic carbocycles. The molecule has 3 atom stereocenters. The van der Waals surface area contributed by atoms with Crippen LogP contribution < -0.4 is 5.73 Å². The predicted molar refractivity (Wildman–Crippen MR) is 138 cm³/mol. The maximum atomic E-state index is 13.3. The van der Waals surface area contributed by atoms with E-state index in [1.165, 1.54) is 19.4 Å². The van der Waals surface area contributed by atoms with Crippen LogP contribution in [0.4, 0.5) is 32.2 Å². The minimum Gasteiger partial charge on any atom is -0.383 e. The van der Waals surface area contributed by atoms with Crippen LogP contribution in [0, 0.1) is 0 Å². The first-order valence-corrected chi connectivity index (χ1v) is 13.3. The van der Waals surface area contributed by atoms with Crippen molar-refractivity contribution in [2.75, 3.05) is 5.73 Å². The van der Waals surface area contributed by atoms with E-state index in [1.54, 1.807) is 4.90 Å². The van der Waals surface area contributed by atoms with E-state index in [-0.39, 0.29) is 63.7 Å². The Kier molecular flexibility index (Phi) is 6.67. The number of alkyl halides is 6. The number of carbonyl (C=O) groups excluding carboxylic acids is 2. The number of H-pyrrole nitrogens is 1. The van der Waals surface area contributed by atoms with E-state index in [0.717, 1.165) is 16.8 Å². The van der Waals surface area contributed by atoms with Gasteiger partial charge in [-0.3, -0.25) is 14.6 Å². The van der Waals surface area contributed by atoms with E-state index in [0.29, 0.717) is 37.4 Å². The second-order valence-corrected chi connectivity index (χ2v) is 10.8. The molecule has 4 N–H and O–H groups in total. The molecule has 0 saturated carbocycles. The Morgan fingerprint density at radius 1 is 1.05 bits per heavy atom. The number of piperidine rings is 1. The number of nitrogen functional groups attached to an aromatic ring is 1. The number of aromatic nitrogens is 7. The number of halogens is 6. The van der Waals surface area contributed by atoms with Gasteiger partial charge >= 0.3 is 12.4 Å². The van der Waals surface area contributed by atoms with Crippen LogP contribution in [0.2, 0.25) is 0 Å². The number of aliphatic hydroxyl groups is 1. The minimum absolute atomic E-state index is 0.0383. The summed E-state index contributed by atoms with van der Waals surface area (Å²) in [4.78, 5) is 38.4. The monoisotopic (exact) mass is 623 g/mol. The molecule has 2 saturated heterocycles. The van der Waals surface area contributed by atoms with Gasteiger partial charge in [-0.05, 0) is 38.7 Å². The summed E-state index contributed by atoms with van der Waals surface area (Å²) in [5.74, 6) is -0.930. The number of hydrogen-bond donors (Lipinski definition) is 3. The number of pyridine rings is 1. The van der Waals surface area contributed by atoms with Gasteiger partial charge in [0.05, 0.1) is 23.1 Å². The fraction of sp³-hybridized carbons (Fsp3) is 0.423. The van der Waals surface area contributed by atoms with Crippen LogP contribution in [-0.4, -0.2) is 80.9 Å². The molecule has 2 aliphatic heterocycles. The number of hydrogen-bond acceptors (Lipinski definition) is 9. The minimum atomic E-state index is -6.09. The van der Waals surface area contributed by atoms with E-state index in [1.807, 2.05) is 0 Å². The number of nitrogens with zero attached hydrogens (tertiary/aromatic N) is 7. The van der Waals surface area contributed by atoms with Gasteiger partial charge in [0.15, 0.2) is 11.4 Å². The third kappa shape index (κ3) is 4.37. The lowest BCUT2D eigenvalue weighted by Gasteiger charge is -2.38.